The van der Waals surface area contributed by atoms with E-state index in [1.807, 2.05) is 36.4 Å². The third-order valence-electron chi connectivity index (χ3n) is 4.69. The molecule has 150 valence electrons. The summed E-state index contributed by atoms with van der Waals surface area (Å²) < 4.78 is 6.39. The Morgan fingerprint density at radius 3 is 2.48 bits per heavy atom. The number of rotatable bonds is 5. The smallest absolute Gasteiger partial charge is 0.315 e. The Bertz CT molecular complexity index is 964. The highest BCUT2D eigenvalue weighted by Crippen LogP contribution is 2.21. The fourth-order valence-corrected chi connectivity index (χ4v) is 4.02. The van der Waals surface area contributed by atoms with Gasteiger partial charge in [-0.05, 0) is 29.8 Å². The number of nitrogens with one attached hydrogen (secondary N) is 2. The summed E-state index contributed by atoms with van der Waals surface area (Å²) in [6.07, 6.45) is 0. The molecule has 29 heavy (non-hydrogen) atoms. The van der Waals surface area contributed by atoms with E-state index in [2.05, 4.69) is 15.6 Å². The Labute approximate surface area is 172 Å². The molecule has 1 fully saturated rings. The van der Waals surface area contributed by atoms with Crippen molar-refractivity contribution in [3.8, 4) is 0 Å². The van der Waals surface area contributed by atoms with E-state index in [4.69, 9.17) is 4.74 Å². The van der Waals surface area contributed by atoms with Gasteiger partial charge in [-0.25, -0.2) is 9.78 Å². The minimum absolute atomic E-state index is 0.0152. The summed E-state index contributed by atoms with van der Waals surface area (Å²) >= 11 is 1.57. The van der Waals surface area contributed by atoms with Crippen molar-refractivity contribution in [2.45, 2.75) is 13.1 Å². The molecule has 1 aliphatic heterocycles. The van der Waals surface area contributed by atoms with E-state index in [0.29, 0.717) is 45.0 Å². The van der Waals surface area contributed by atoms with Crippen LogP contribution in [0.25, 0.3) is 10.2 Å². The number of para-hydroxylation sites is 1. The zero-order valence-corrected chi connectivity index (χ0v) is 16.7. The lowest BCUT2D eigenvalue weighted by Gasteiger charge is -2.26. The minimum atomic E-state index is -0.252. The van der Waals surface area contributed by atoms with Crippen molar-refractivity contribution in [1.82, 2.24) is 20.5 Å². The van der Waals surface area contributed by atoms with Gasteiger partial charge in [0.1, 0.15) is 5.01 Å². The Hall–Kier alpha value is -2.97. The Morgan fingerprint density at radius 2 is 1.72 bits per heavy atom. The molecule has 4 rings (SSSR count). The molecular weight excluding hydrogens is 388 g/mol. The van der Waals surface area contributed by atoms with Crippen LogP contribution in [0, 0.1) is 0 Å². The quantitative estimate of drug-likeness (QED) is 0.678. The number of hydrogen-bond donors (Lipinski definition) is 2. The van der Waals surface area contributed by atoms with E-state index in [1.165, 1.54) is 0 Å². The number of aromatic nitrogens is 1. The van der Waals surface area contributed by atoms with Crippen LogP contribution in [0.5, 0.6) is 0 Å². The van der Waals surface area contributed by atoms with Crippen LogP contribution in [0.3, 0.4) is 0 Å². The SMILES string of the molecule is O=C(NCc1ccc(C(=O)N2CCOCC2)cc1)NCc1nc2ccccc2s1. The van der Waals surface area contributed by atoms with Gasteiger partial charge in [0.15, 0.2) is 0 Å². The molecule has 0 atom stereocenters. The number of ether oxygens (including phenoxy) is 1. The second-order valence-electron chi connectivity index (χ2n) is 6.71. The van der Waals surface area contributed by atoms with Crippen molar-refractivity contribution >= 4 is 33.5 Å². The van der Waals surface area contributed by atoms with Crippen molar-refractivity contribution in [3.63, 3.8) is 0 Å². The fraction of sp³-hybridized carbons (Fsp3) is 0.286. The summed E-state index contributed by atoms with van der Waals surface area (Å²) in [5.41, 5.74) is 2.52. The third kappa shape index (κ3) is 4.90. The van der Waals surface area contributed by atoms with E-state index >= 15 is 0 Å². The largest absolute Gasteiger partial charge is 0.378 e. The zero-order valence-electron chi connectivity index (χ0n) is 15.9. The molecule has 1 saturated heterocycles. The summed E-state index contributed by atoms with van der Waals surface area (Å²) in [6.45, 7) is 3.18. The predicted octanol–water partition coefficient (Wildman–Crippen LogP) is 2.77. The first-order valence-corrected chi connectivity index (χ1v) is 10.3. The van der Waals surface area contributed by atoms with Gasteiger partial charge in [0.05, 0.1) is 30.0 Å². The number of hydrogen-bond acceptors (Lipinski definition) is 5. The number of carbonyl (C=O) groups excluding carboxylic acids is 2. The molecule has 1 aliphatic rings. The van der Waals surface area contributed by atoms with Crippen LogP contribution in [0.1, 0.15) is 20.9 Å². The van der Waals surface area contributed by atoms with Gasteiger partial charge in [0, 0.05) is 25.2 Å². The lowest BCUT2D eigenvalue weighted by Crippen LogP contribution is -2.40. The Kier molecular flexibility index (Phi) is 6.02. The number of carbonyl (C=O) groups is 2. The number of amides is 3. The van der Waals surface area contributed by atoms with Gasteiger partial charge >= 0.3 is 6.03 Å². The molecule has 2 N–H and O–H groups in total. The minimum Gasteiger partial charge on any atom is -0.378 e. The molecule has 2 aromatic carbocycles. The molecule has 7 nitrogen and oxygen atoms in total. The van der Waals surface area contributed by atoms with Crippen LogP contribution >= 0.6 is 11.3 Å². The highest BCUT2D eigenvalue weighted by Gasteiger charge is 2.18. The van der Waals surface area contributed by atoms with Crippen LogP contribution < -0.4 is 10.6 Å². The number of fused-ring (bicyclic) bond motifs is 1. The van der Waals surface area contributed by atoms with Crippen molar-refractivity contribution in [2.75, 3.05) is 26.3 Å². The van der Waals surface area contributed by atoms with E-state index in [0.717, 1.165) is 20.8 Å². The van der Waals surface area contributed by atoms with Crippen LogP contribution in [-0.2, 0) is 17.8 Å². The highest BCUT2D eigenvalue weighted by molar-refractivity contribution is 7.18. The topological polar surface area (TPSA) is 83.6 Å². The van der Waals surface area contributed by atoms with E-state index in [9.17, 15) is 9.59 Å². The lowest BCUT2D eigenvalue weighted by atomic mass is 10.1. The van der Waals surface area contributed by atoms with Gasteiger partial charge in [-0.2, -0.15) is 0 Å². The molecule has 3 aromatic rings. The van der Waals surface area contributed by atoms with Crippen LogP contribution in [0.2, 0.25) is 0 Å². The van der Waals surface area contributed by atoms with Crippen molar-refractivity contribution < 1.29 is 14.3 Å². The maximum absolute atomic E-state index is 12.4. The van der Waals surface area contributed by atoms with E-state index in [1.54, 1.807) is 28.4 Å². The molecule has 1 aromatic heterocycles. The first-order chi connectivity index (χ1) is 14.2. The molecule has 0 unspecified atom stereocenters. The molecule has 0 radical (unpaired) electrons. The normalized spacial score (nSPS) is 14.0. The average Bonchev–Trinajstić information content (AvgIpc) is 3.20. The second kappa shape index (κ2) is 9.02. The van der Waals surface area contributed by atoms with Crippen LogP contribution in [0.15, 0.2) is 48.5 Å². The standard InChI is InChI=1S/C21H22N4O3S/c26-20(25-9-11-28-12-10-25)16-7-5-15(6-8-16)13-22-21(27)23-14-19-24-17-3-1-2-4-18(17)29-19/h1-8H,9-14H2,(H2,22,23,27). The number of nitrogens with zero attached hydrogens (tertiary/aromatic N) is 2. The fourth-order valence-electron chi connectivity index (χ4n) is 3.11. The monoisotopic (exact) mass is 410 g/mol. The van der Waals surface area contributed by atoms with Crippen molar-refractivity contribution in [3.05, 3.63) is 64.7 Å². The molecular formula is C21H22N4O3S. The van der Waals surface area contributed by atoms with Gasteiger partial charge in [-0.15, -0.1) is 11.3 Å². The number of morpholine rings is 1. The summed E-state index contributed by atoms with van der Waals surface area (Å²) in [7, 11) is 0. The Morgan fingerprint density at radius 1 is 1.00 bits per heavy atom. The predicted molar refractivity (Wildman–Crippen MR) is 112 cm³/mol. The van der Waals surface area contributed by atoms with Gasteiger partial charge in [-0.3, -0.25) is 4.79 Å². The average molecular weight is 410 g/mol. The summed E-state index contributed by atoms with van der Waals surface area (Å²) in [6, 6.07) is 15.0. The number of benzene rings is 2. The van der Waals surface area contributed by atoms with Gasteiger partial charge in [0.25, 0.3) is 5.91 Å². The maximum atomic E-state index is 12.4. The molecule has 8 heteroatoms. The van der Waals surface area contributed by atoms with Gasteiger partial charge in [-0.1, -0.05) is 24.3 Å². The molecule has 0 saturated carbocycles. The van der Waals surface area contributed by atoms with Crippen molar-refractivity contribution in [2.24, 2.45) is 0 Å². The molecule has 2 heterocycles. The first-order valence-electron chi connectivity index (χ1n) is 9.51. The van der Waals surface area contributed by atoms with Gasteiger partial charge < -0.3 is 20.3 Å². The molecule has 0 bridgehead atoms. The second-order valence-corrected chi connectivity index (χ2v) is 7.83. The Balaban J connectivity index is 1.25. The summed E-state index contributed by atoms with van der Waals surface area (Å²) in [4.78, 5) is 30.8. The lowest BCUT2D eigenvalue weighted by molar-refractivity contribution is 0.0303. The molecule has 3 amide bonds. The molecule has 0 spiro atoms. The number of urea groups is 1. The van der Waals surface area contributed by atoms with Gasteiger partial charge in [0.2, 0.25) is 0 Å². The van der Waals surface area contributed by atoms with Crippen LogP contribution in [-0.4, -0.2) is 48.1 Å². The van der Waals surface area contributed by atoms with Crippen molar-refractivity contribution in [1.29, 1.82) is 0 Å². The van der Waals surface area contributed by atoms with E-state index in [-0.39, 0.29) is 11.9 Å². The summed E-state index contributed by atoms with van der Waals surface area (Å²) in [5, 5.41) is 6.53. The third-order valence-corrected chi connectivity index (χ3v) is 5.73. The van der Waals surface area contributed by atoms with E-state index < -0.39 is 0 Å². The maximum Gasteiger partial charge on any atom is 0.315 e. The zero-order chi connectivity index (χ0) is 20.1. The molecule has 0 aliphatic carbocycles. The summed E-state index contributed by atoms with van der Waals surface area (Å²) in [5.74, 6) is 0.0152. The first kappa shape index (κ1) is 19.4. The highest BCUT2D eigenvalue weighted by atomic mass is 32.1. The number of thiazole rings is 1. The van der Waals surface area contributed by atoms with Crippen LogP contribution in [0.4, 0.5) is 4.79 Å².